The predicted molar refractivity (Wildman–Crippen MR) is 109 cm³/mol. The van der Waals surface area contributed by atoms with Crippen LogP contribution in [0.3, 0.4) is 0 Å². The summed E-state index contributed by atoms with van der Waals surface area (Å²) >= 11 is 1.67. The van der Waals surface area contributed by atoms with Crippen LogP contribution in [-0.4, -0.2) is 47.0 Å². The Hall–Kier alpha value is -1.49. The molecule has 1 fully saturated rings. The SMILES string of the molecule is CCN(CCN1C(=O)CSC1c1ccc(C(C)(C)C)cc1)C(=O)C(C)C. The van der Waals surface area contributed by atoms with Crippen molar-refractivity contribution < 1.29 is 9.59 Å². The third kappa shape index (κ3) is 4.81. The molecule has 26 heavy (non-hydrogen) atoms. The average Bonchev–Trinajstić information content (AvgIpc) is 2.95. The highest BCUT2D eigenvalue weighted by molar-refractivity contribution is 8.00. The second-order valence-electron chi connectivity index (χ2n) is 8.20. The fourth-order valence-corrected chi connectivity index (χ4v) is 4.36. The maximum absolute atomic E-state index is 12.4. The molecule has 1 aliphatic rings. The van der Waals surface area contributed by atoms with Crippen LogP contribution in [0.15, 0.2) is 24.3 Å². The molecule has 2 rings (SSSR count). The highest BCUT2D eigenvalue weighted by atomic mass is 32.2. The molecular weight excluding hydrogens is 344 g/mol. The van der Waals surface area contributed by atoms with Crippen molar-refractivity contribution in [3.63, 3.8) is 0 Å². The summed E-state index contributed by atoms with van der Waals surface area (Å²) in [7, 11) is 0. The molecule has 1 unspecified atom stereocenters. The molecule has 2 amide bonds. The van der Waals surface area contributed by atoms with E-state index in [1.54, 1.807) is 11.8 Å². The van der Waals surface area contributed by atoms with Crippen molar-refractivity contribution in [3.05, 3.63) is 35.4 Å². The quantitative estimate of drug-likeness (QED) is 0.752. The van der Waals surface area contributed by atoms with E-state index >= 15 is 0 Å². The molecule has 0 N–H and O–H groups in total. The van der Waals surface area contributed by atoms with Gasteiger partial charge in [0, 0.05) is 25.6 Å². The van der Waals surface area contributed by atoms with Gasteiger partial charge in [0.05, 0.1) is 5.75 Å². The maximum atomic E-state index is 12.4. The topological polar surface area (TPSA) is 40.6 Å². The van der Waals surface area contributed by atoms with Crippen LogP contribution >= 0.6 is 11.8 Å². The van der Waals surface area contributed by atoms with Crippen molar-refractivity contribution in [2.45, 2.75) is 52.3 Å². The Morgan fingerprint density at radius 2 is 1.88 bits per heavy atom. The molecule has 0 aliphatic carbocycles. The predicted octanol–water partition coefficient (Wildman–Crippen LogP) is 4.06. The Balaban J connectivity index is 2.09. The number of amides is 2. The molecule has 0 saturated carbocycles. The summed E-state index contributed by atoms with van der Waals surface area (Å²) in [5.74, 6) is 0.806. The number of hydrogen-bond donors (Lipinski definition) is 0. The van der Waals surface area contributed by atoms with Crippen LogP contribution in [-0.2, 0) is 15.0 Å². The monoisotopic (exact) mass is 376 g/mol. The molecule has 1 saturated heterocycles. The summed E-state index contributed by atoms with van der Waals surface area (Å²) in [6, 6.07) is 8.61. The third-order valence-corrected chi connectivity index (χ3v) is 6.08. The highest BCUT2D eigenvalue weighted by Crippen LogP contribution is 2.39. The van der Waals surface area contributed by atoms with E-state index in [2.05, 4.69) is 45.0 Å². The first-order valence-electron chi connectivity index (χ1n) is 9.45. The number of thioether (sulfide) groups is 1. The van der Waals surface area contributed by atoms with Crippen LogP contribution in [0.25, 0.3) is 0 Å². The van der Waals surface area contributed by atoms with Crippen LogP contribution in [0, 0.1) is 5.92 Å². The number of rotatable bonds is 6. The lowest BCUT2D eigenvalue weighted by atomic mass is 9.87. The van der Waals surface area contributed by atoms with Gasteiger partial charge >= 0.3 is 0 Å². The molecule has 4 nitrogen and oxygen atoms in total. The molecule has 0 aromatic heterocycles. The summed E-state index contributed by atoms with van der Waals surface area (Å²) in [4.78, 5) is 28.4. The summed E-state index contributed by atoms with van der Waals surface area (Å²) in [6.45, 7) is 14.3. The molecule has 5 heteroatoms. The zero-order valence-corrected chi connectivity index (χ0v) is 17.7. The van der Waals surface area contributed by atoms with Crippen molar-refractivity contribution in [1.82, 2.24) is 9.80 Å². The fourth-order valence-electron chi connectivity index (χ4n) is 3.14. The zero-order chi connectivity index (χ0) is 19.5. The Kier molecular flexibility index (Phi) is 6.78. The van der Waals surface area contributed by atoms with E-state index in [4.69, 9.17) is 0 Å². The van der Waals surface area contributed by atoms with Gasteiger partial charge in [-0.1, -0.05) is 58.9 Å². The van der Waals surface area contributed by atoms with Crippen molar-refractivity contribution in [2.75, 3.05) is 25.4 Å². The normalized spacial score (nSPS) is 17.9. The lowest BCUT2D eigenvalue weighted by molar-refractivity contribution is -0.136. The van der Waals surface area contributed by atoms with Crippen molar-refractivity contribution >= 4 is 23.6 Å². The second-order valence-corrected chi connectivity index (χ2v) is 9.26. The average molecular weight is 377 g/mol. The van der Waals surface area contributed by atoms with Crippen molar-refractivity contribution in [3.8, 4) is 0 Å². The van der Waals surface area contributed by atoms with E-state index in [-0.39, 0.29) is 28.5 Å². The summed E-state index contributed by atoms with van der Waals surface area (Å²) in [5.41, 5.74) is 2.57. The molecular formula is C21H32N2O2S. The Morgan fingerprint density at radius 3 is 2.38 bits per heavy atom. The Labute approximate surface area is 162 Å². The lowest BCUT2D eigenvalue weighted by Gasteiger charge is -2.29. The highest BCUT2D eigenvalue weighted by Gasteiger charge is 2.33. The second kappa shape index (κ2) is 8.47. The number of likely N-dealkylation sites (N-methyl/N-ethyl adjacent to an activating group) is 1. The van der Waals surface area contributed by atoms with Crippen LogP contribution in [0.2, 0.25) is 0 Å². The van der Waals surface area contributed by atoms with Gasteiger partial charge in [0.15, 0.2) is 0 Å². The summed E-state index contributed by atoms with van der Waals surface area (Å²) < 4.78 is 0. The minimum absolute atomic E-state index is 0.0145. The fraction of sp³-hybridized carbons (Fsp3) is 0.619. The van der Waals surface area contributed by atoms with E-state index in [0.29, 0.717) is 25.4 Å². The molecule has 1 aromatic rings. The van der Waals surface area contributed by atoms with Gasteiger partial charge in [-0.2, -0.15) is 0 Å². The van der Waals surface area contributed by atoms with E-state index in [0.717, 1.165) is 5.56 Å². The largest absolute Gasteiger partial charge is 0.341 e. The van der Waals surface area contributed by atoms with E-state index in [1.165, 1.54) is 5.56 Å². The number of nitrogens with zero attached hydrogens (tertiary/aromatic N) is 2. The molecule has 1 aliphatic heterocycles. The van der Waals surface area contributed by atoms with Crippen LogP contribution < -0.4 is 0 Å². The smallest absolute Gasteiger partial charge is 0.233 e. The first-order valence-corrected chi connectivity index (χ1v) is 10.5. The number of carbonyl (C=O) groups is 2. The minimum Gasteiger partial charge on any atom is -0.341 e. The van der Waals surface area contributed by atoms with Gasteiger partial charge in [0.2, 0.25) is 11.8 Å². The molecule has 0 radical (unpaired) electrons. The van der Waals surface area contributed by atoms with E-state index < -0.39 is 0 Å². The van der Waals surface area contributed by atoms with E-state index in [9.17, 15) is 9.59 Å². The Morgan fingerprint density at radius 1 is 1.27 bits per heavy atom. The van der Waals surface area contributed by atoms with Crippen molar-refractivity contribution in [2.24, 2.45) is 5.92 Å². The number of carbonyl (C=O) groups excluding carboxylic acids is 2. The van der Waals surface area contributed by atoms with E-state index in [1.807, 2.05) is 30.6 Å². The number of benzene rings is 1. The summed E-state index contributed by atoms with van der Waals surface area (Å²) in [6.07, 6.45) is 0. The Bertz CT molecular complexity index is 634. The molecule has 144 valence electrons. The van der Waals surface area contributed by atoms with Crippen molar-refractivity contribution in [1.29, 1.82) is 0 Å². The van der Waals surface area contributed by atoms with Gasteiger partial charge in [-0.25, -0.2) is 0 Å². The van der Waals surface area contributed by atoms with Crippen LogP contribution in [0.1, 0.15) is 58.0 Å². The van der Waals surface area contributed by atoms with Gasteiger partial charge in [-0.15, -0.1) is 11.8 Å². The first kappa shape index (κ1) is 20.8. The van der Waals surface area contributed by atoms with Gasteiger partial charge in [-0.3, -0.25) is 9.59 Å². The minimum atomic E-state index is -0.0145. The first-order chi connectivity index (χ1) is 12.1. The van der Waals surface area contributed by atoms with Gasteiger partial charge in [0.1, 0.15) is 5.37 Å². The van der Waals surface area contributed by atoms with Gasteiger partial charge in [-0.05, 0) is 23.5 Å². The third-order valence-electron chi connectivity index (χ3n) is 4.83. The maximum Gasteiger partial charge on any atom is 0.233 e. The standard InChI is InChI=1S/C21H32N2O2S/c1-7-22(19(25)15(2)3)12-13-23-18(24)14-26-20(23)16-8-10-17(11-9-16)21(4,5)6/h8-11,15,20H,7,12-14H2,1-6H3. The number of hydrogen-bond acceptors (Lipinski definition) is 3. The molecule has 0 spiro atoms. The molecule has 1 heterocycles. The molecule has 1 aromatic carbocycles. The zero-order valence-electron chi connectivity index (χ0n) is 16.9. The molecule has 1 atom stereocenters. The molecule has 0 bridgehead atoms. The lowest BCUT2D eigenvalue weighted by Crippen LogP contribution is -2.41. The van der Waals surface area contributed by atoms with Crippen LogP contribution in [0.5, 0.6) is 0 Å². The van der Waals surface area contributed by atoms with Gasteiger partial charge < -0.3 is 9.80 Å². The summed E-state index contributed by atoms with van der Waals surface area (Å²) in [5, 5.41) is 0.0457. The van der Waals surface area contributed by atoms with Crippen LogP contribution in [0.4, 0.5) is 0 Å². The van der Waals surface area contributed by atoms with Gasteiger partial charge in [0.25, 0.3) is 0 Å².